The molecule has 1 saturated heterocycles. The molecule has 26 heavy (non-hydrogen) atoms. The topological polar surface area (TPSA) is 86.7 Å². The fraction of sp³-hybridized carbons (Fsp3) is 0.421. The summed E-state index contributed by atoms with van der Waals surface area (Å²) in [6.45, 7) is 0.866. The number of nitrogens with one attached hydrogen (secondary N) is 1. The number of nitrogens with zero attached hydrogens (tertiary/aromatic N) is 1. The van der Waals surface area contributed by atoms with Gasteiger partial charge in [-0.1, -0.05) is 42.5 Å². The van der Waals surface area contributed by atoms with Crippen molar-refractivity contribution in [1.82, 2.24) is 9.62 Å². The highest BCUT2D eigenvalue weighted by Gasteiger charge is 2.29. The SMILES string of the molecule is CS(=O)(=O)N1CCC(C(=O)NCC(O)c2cccc3ccccc23)CC1. The first-order chi connectivity index (χ1) is 12.4. The van der Waals surface area contributed by atoms with Gasteiger partial charge in [0.15, 0.2) is 0 Å². The third kappa shape index (κ3) is 4.23. The first-order valence-electron chi connectivity index (χ1n) is 8.75. The molecule has 0 bridgehead atoms. The Morgan fingerprint density at radius 1 is 1.19 bits per heavy atom. The van der Waals surface area contributed by atoms with Gasteiger partial charge in [0, 0.05) is 25.6 Å². The summed E-state index contributed by atoms with van der Waals surface area (Å²) in [5, 5.41) is 15.3. The molecule has 1 aliphatic heterocycles. The summed E-state index contributed by atoms with van der Waals surface area (Å²) in [5.74, 6) is -0.342. The van der Waals surface area contributed by atoms with Crippen LogP contribution in [0.5, 0.6) is 0 Å². The number of hydrogen-bond donors (Lipinski definition) is 2. The van der Waals surface area contributed by atoms with E-state index in [-0.39, 0.29) is 18.4 Å². The molecule has 0 radical (unpaired) electrons. The molecule has 1 atom stereocenters. The minimum absolute atomic E-state index is 0.127. The number of sulfonamides is 1. The smallest absolute Gasteiger partial charge is 0.223 e. The van der Waals surface area contributed by atoms with Gasteiger partial charge in [0.05, 0.1) is 12.4 Å². The van der Waals surface area contributed by atoms with Crippen LogP contribution in [0.25, 0.3) is 10.8 Å². The number of hydrogen-bond acceptors (Lipinski definition) is 4. The molecular weight excluding hydrogens is 352 g/mol. The van der Waals surface area contributed by atoms with Crippen LogP contribution in [0.3, 0.4) is 0 Å². The number of aliphatic hydroxyl groups excluding tert-OH is 1. The van der Waals surface area contributed by atoms with Gasteiger partial charge in [-0.3, -0.25) is 4.79 Å². The Kier molecular flexibility index (Phi) is 5.60. The van der Waals surface area contributed by atoms with E-state index >= 15 is 0 Å². The van der Waals surface area contributed by atoms with Gasteiger partial charge in [-0.05, 0) is 29.2 Å². The number of aliphatic hydroxyl groups is 1. The molecule has 1 amide bonds. The number of rotatable bonds is 5. The number of carbonyl (C=O) groups is 1. The number of carbonyl (C=O) groups excluding carboxylic acids is 1. The second-order valence-electron chi connectivity index (χ2n) is 6.77. The van der Waals surface area contributed by atoms with Crippen molar-refractivity contribution in [3.05, 3.63) is 48.0 Å². The fourth-order valence-electron chi connectivity index (χ4n) is 3.44. The third-order valence-electron chi connectivity index (χ3n) is 4.95. The van der Waals surface area contributed by atoms with E-state index in [0.717, 1.165) is 16.3 Å². The molecule has 0 aromatic heterocycles. The van der Waals surface area contributed by atoms with Crippen LogP contribution < -0.4 is 5.32 Å². The Hall–Kier alpha value is -1.96. The summed E-state index contributed by atoms with van der Waals surface area (Å²) in [6, 6.07) is 13.6. The highest BCUT2D eigenvalue weighted by molar-refractivity contribution is 7.88. The Balaban J connectivity index is 1.58. The largest absolute Gasteiger partial charge is 0.387 e. The molecule has 1 fully saturated rings. The van der Waals surface area contributed by atoms with Crippen molar-refractivity contribution >= 4 is 26.7 Å². The summed E-state index contributed by atoms with van der Waals surface area (Å²) in [6.07, 6.45) is 1.40. The molecule has 1 aliphatic rings. The minimum atomic E-state index is -3.20. The van der Waals surface area contributed by atoms with Crippen molar-refractivity contribution < 1.29 is 18.3 Å². The molecule has 2 aromatic carbocycles. The molecule has 140 valence electrons. The normalized spacial score (nSPS) is 17.9. The van der Waals surface area contributed by atoms with E-state index in [0.29, 0.717) is 25.9 Å². The standard InChI is InChI=1S/C19H24N2O4S/c1-26(24,25)21-11-9-15(10-12-21)19(23)20-13-18(22)17-8-4-6-14-5-2-3-7-16(14)17/h2-8,15,18,22H,9-13H2,1H3,(H,20,23). The molecule has 0 saturated carbocycles. The van der Waals surface area contributed by atoms with E-state index in [9.17, 15) is 18.3 Å². The van der Waals surface area contributed by atoms with E-state index in [1.165, 1.54) is 10.6 Å². The van der Waals surface area contributed by atoms with Crippen molar-refractivity contribution in [3.8, 4) is 0 Å². The Bertz CT molecular complexity index is 884. The number of fused-ring (bicyclic) bond motifs is 1. The molecular formula is C19H24N2O4S. The maximum Gasteiger partial charge on any atom is 0.223 e. The first-order valence-corrected chi connectivity index (χ1v) is 10.6. The zero-order chi connectivity index (χ0) is 18.7. The van der Waals surface area contributed by atoms with Crippen molar-refractivity contribution in [3.63, 3.8) is 0 Å². The second kappa shape index (κ2) is 7.73. The van der Waals surface area contributed by atoms with Crippen LogP contribution in [-0.2, 0) is 14.8 Å². The summed E-state index contributed by atoms with van der Waals surface area (Å²) < 4.78 is 24.5. The Morgan fingerprint density at radius 3 is 2.54 bits per heavy atom. The summed E-state index contributed by atoms with van der Waals surface area (Å²) in [5.41, 5.74) is 0.787. The van der Waals surface area contributed by atoms with Gasteiger partial charge in [-0.15, -0.1) is 0 Å². The van der Waals surface area contributed by atoms with Gasteiger partial charge < -0.3 is 10.4 Å². The molecule has 0 spiro atoms. The Labute approximate surface area is 153 Å². The summed E-state index contributed by atoms with van der Waals surface area (Å²) in [7, 11) is -3.20. The molecule has 7 heteroatoms. The van der Waals surface area contributed by atoms with E-state index in [2.05, 4.69) is 5.32 Å². The van der Waals surface area contributed by atoms with E-state index < -0.39 is 16.1 Å². The van der Waals surface area contributed by atoms with Gasteiger partial charge in [0.25, 0.3) is 0 Å². The van der Waals surface area contributed by atoms with Crippen LogP contribution in [0.15, 0.2) is 42.5 Å². The quantitative estimate of drug-likeness (QED) is 0.831. The lowest BCUT2D eigenvalue weighted by Gasteiger charge is -2.29. The van der Waals surface area contributed by atoms with Crippen molar-refractivity contribution in [1.29, 1.82) is 0 Å². The van der Waals surface area contributed by atoms with E-state index in [1.807, 2.05) is 42.5 Å². The number of piperidine rings is 1. The molecule has 1 heterocycles. The van der Waals surface area contributed by atoms with E-state index in [4.69, 9.17) is 0 Å². The first kappa shape index (κ1) is 18.8. The lowest BCUT2D eigenvalue weighted by Crippen LogP contribution is -2.43. The maximum absolute atomic E-state index is 12.4. The highest BCUT2D eigenvalue weighted by Crippen LogP contribution is 2.24. The van der Waals surface area contributed by atoms with Gasteiger partial charge in [0.1, 0.15) is 0 Å². The lowest BCUT2D eigenvalue weighted by molar-refractivity contribution is -0.126. The van der Waals surface area contributed by atoms with Crippen LogP contribution in [-0.4, -0.2) is 49.6 Å². The van der Waals surface area contributed by atoms with Gasteiger partial charge in [-0.25, -0.2) is 12.7 Å². The molecule has 2 aromatic rings. The van der Waals surface area contributed by atoms with Crippen LogP contribution in [0.4, 0.5) is 0 Å². The minimum Gasteiger partial charge on any atom is -0.387 e. The average molecular weight is 376 g/mol. The summed E-state index contributed by atoms with van der Waals surface area (Å²) in [4.78, 5) is 12.4. The highest BCUT2D eigenvalue weighted by atomic mass is 32.2. The molecule has 0 aliphatic carbocycles. The predicted molar refractivity (Wildman–Crippen MR) is 101 cm³/mol. The fourth-order valence-corrected chi connectivity index (χ4v) is 4.32. The lowest BCUT2D eigenvalue weighted by atomic mass is 9.96. The van der Waals surface area contributed by atoms with Gasteiger partial charge in [-0.2, -0.15) is 0 Å². The van der Waals surface area contributed by atoms with E-state index in [1.54, 1.807) is 0 Å². The van der Waals surface area contributed by atoms with Gasteiger partial charge >= 0.3 is 0 Å². The molecule has 3 rings (SSSR count). The number of benzene rings is 2. The van der Waals surface area contributed by atoms with Crippen LogP contribution in [0.1, 0.15) is 24.5 Å². The van der Waals surface area contributed by atoms with Gasteiger partial charge in [0.2, 0.25) is 15.9 Å². The molecule has 2 N–H and O–H groups in total. The molecule has 6 nitrogen and oxygen atoms in total. The van der Waals surface area contributed by atoms with Crippen molar-refractivity contribution in [2.45, 2.75) is 18.9 Å². The maximum atomic E-state index is 12.4. The number of amides is 1. The molecule has 1 unspecified atom stereocenters. The van der Waals surface area contributed by atoms with Crippen LogP contribution >= 0.6 is 0 Å². The van der Waals surface area contributed by atoms with Crippen LogP contribution in [0, 0.1) is 5.92 Å². The monoisotopic (exact) mass is 376 g/mol. The zero-order valence-corrected chi connectivity index (χ0v) is 15.6. The van der Waals surface area contributed by atoms with Crippen LogP contribution in [0.2, 0.25) is 0 Å². The van der Waals surface area contributed by atoms with Crippen molar-refractivity contribution in [2.24, 2.45) is 5.92 Å². The third-order valence-corrected chi connectivity index (χ3v) is 6.25. The predicted octanol–water partition coefficient (Wildman–Crippen LogP) is 1.66. The average Bonchev–Trinajstić information content (AvgIpc) is 2.64. The van der Waals surface area contributed by atoms with Crippen molar-refractivity contribution in [2.75, 3.05) is 25.9 Å². The second-order valence-corrected chi connectivity index (χ2v) is 8.75. The Morgan fingerprint density at radius 2 is 1.85 bits per heavy atom. The summed E-state index contributed by atoms with van der Waals surface area (Å²) >= 11 is 0. The zero-order valence-electron chi connectivity index (χ0n) is 14.8.